The SMILES string of the molecule is O=c1[nH]c2c(F)cccc2c(=O)n1CC1CNC1. The summed E-state index contributed by atoms with van der Waals surface area (Å²) in [6, 6.07) is 4.21. The van der Waals surface area contributed by atoms with Gasteiger partial charge in [0.05, 0.1) is 10.9 Å². The van der Waals surface area contributed by atoms with Crippen LogP contribution < -0.4 is 16.6 Å². The highest BCUT2D eigenvalue weighted by atomic mass is 19.1. The van der Waals surface area contributed by atoms with Gasteiger partial charge in [0.25, 0.3) is 5.56 Å². The minimum absolute atomic E-state index is 0.0181. The molecule has 18 heavy (non-hydrogen) atoms. The van der Waals surface area contributed by atoms with Crippen molar-refractivity contribution in [2.45, 2.75) is 6.54 Å². The molecular weight excluding hydrogens is 237 g/mol. The normalized spacial score (nSPS) is 15.8. The van der Waals surface area contributed by atoms with E-state index in [0.29, 0.717) is 6.54 Å². The summed E-state index contributed by atoms with van der Waals surface area (Å²) in [7, 11) is 0. The van der Waals surface area contributed by atoms with E-state index < -0.39 is 17.1 Å². The summed E-state index contributed by atoms with van der Waals surface area (Å²) < 4.78 is 14.6. The summed E-state index contributed by atoms with van der Waals surface area (Å²) >= 11 is 0. The molecule has 1 aromatic carbocycles. The van der Waals surface area contributed by atoms with Gasteiger partial charge in [0.2, 0.25) is 0 Å². The van der Waals surface area contributed by atoms with Crippen LogP contribution in [0.15, 0.2) is 27.8 Å². The number of hydrogen-bond donors (Lipinski definition) is 2. The van der Waals surface area contributed by atoms with Crippen LogP contribution in [0.5, 0.6) is 0 Å². The van der Waals surface area contributed by atoms with Crippen molar-refractivity contribution < 1.29 is 4.39 Å². The van der Waals surface area contributed by atoms with E-state index in [1.54, 1.807) is 0 Å². The van der Waals surface area contributed by atoms with E-state index in [1.165, 1.54) is 18.2 Å². The molecule has 1 aliphatic heterocycles. The lowest BCUT2D eigenvalue weighted by Crippen LogP contribution is -2.48. The number of hydrogen-bond acceptors (Lipinski definition) is 3. The molecule has 0 aliphatic carbocycles. The van der Waals surface area contributed by atoms with Gasteiger partial charge in [0.15, 0.2) is 0 Å². The third-order valence-corrected chi connectivity index (χ3v) is 3.27. The number of fused-ring (bicyclic) bond motifs is 1. The second kappa shape index (κ2) is 4.06. The molecule has 2 N–H and O–H groups in total. The number of aromatic nitrogens is 2. The zero-order valence-corrected chi connectivity index (χ0v) is 9.57. The Balaban J connectivity index is 2.20. The van der Waals surface area contributed by atoms with E-state index >= 15 is 0 Å². The summed E-state index contributed by atoms with van der Waals surface area (Å²) in [4.78, 5) is 26.4. The molecule has 0 bridgehead atoms. The van der Waals surface area contributed by atoms with E-state index in [1.807, 2.05) is 0 Å². The molecule has 0 amide bonds. The first kappa shape index (κ1) is 11.2. The van der Waals surface area contributed by atoms with E-state index in [0.717, 1.165) is 17.7 Å². The zero-order valence-electron chi connectivity index (χ0n) is 9.57. The molecule has 1 fully saturated rings. The van der Waals surface area contributed by atoms with Crippen LogP contribution in [0.4, 0.5) is 4.39 Å². The molecule has 3 rings (SSSR count). The van der Waals surface area contributed by atoms with Gasteiger partial charge in [-0.3, -0.25) is 9.36 Å². The van der Waals surface area contributed by atoms with E-state index in [2.05, 4.69) is 10.3 Å². The van der Waals surface area contributed by atoms with Crippen molar-refractivity contribution in [1.82, 2.24) is 14.9 Å². The first-order valence-electron chi connectivity index (χ1n) is 5.79. The van der Waals surface area contributed by atoms with Gasteiger partial charge >= 0.3 is 5.69 Å². The number of para-hydroxylation sites is 1. The van der Waals surface area contributed by atoms with Crippen molar-refractivity contribution in [3.05, 3.63) is 44.9 Å². The number of H-pyrrole nitrogens is 1. The predicted octanol–water partition coefficient (Wildman–Crippen LogP) is 0.0483. The molecule has 2 heterocycles. The van der Waals surface area contributed by atoms with Crippen molar-refractivity contribution >= 4 is 10.9 Å². The summed E-state index contributed by atoms with van der Waals surface area (Å²) in [6.07, 6.45) is 0. The van der Waals surface area contributed by atoms with Crippen molar-refractivity contribution in [2.24, 2.45) is 5.92 Å². The molecule has 2 aromatic rings. The fraction of sp³-hybridized carbons (Fsp3) is 0.333. The summed E-state index contributed by atoms with van der Waals surface area (Å²) in [5.41, 5.74) is -1.000. The van der Waals surface area contributed by atoms with Gasteiger partial charge in [-0.1, -0.05) is 6.07 Å². The van der Waals surface area contributed by atoms with Gasteiger partial charge in [0.1, 0.15) is 5.82 Å². The minimum atomic E-state index is -0.584. The van der Waals surface area contributed by atoms with Crippen LogP contribution in [-0.2, 0) is 6.54 Å². The van der Waals surface area contributed by atoms with Gasteiger partial charge in [-0.25, -0.2) is 9.18 Å². The smallest absolute Gasteiger partial charge is 0.316 e. The first-order chi connectivity index (χ1) is 8.66. The number of nitrogens with zero attached hydrogens (tertiary/aromatic N) is 1. The molecule has 0 radical (unpaired) electrons. The minimum Gasteiger partial charge on any atom is -0.316 e. The van der Waals surface area contributed by atoms with Crippen molar-refractivity contribution in [3.63, 3.8) is 0 Å². The standard InChI is InChI=1S/C12H12FN3O2/c13-9-3-1-2-8-10(9)15-12(18)16(11(8)17)6-7-4-14-5-7/h1-3,7,14H,4-6H2,(H,15,18). The van der Waals surface area contributed by atoms with Crippen LogP contribution in [-0.4, -0.2) is 22.6 Å². The Hall–Kier alpha value is -1.95. The Labute approximate surface area is 101 Å². The van der Waals surface area contributed by atoms with E-state index in [-0.39, 0.29) is 16.8 Å². The molecule has 0 saturated carbocycles. The fourth-order valence-corrected chi connectivity index (χ4v) is 2.14. The van der Waals surface area contributed by atoms with Crippen LogP contribution >= 0.6 is 0 Å². The van der Waals surface area contributed by atoms with Gasteiger partial charge in [-0.05, 0) is 12.1 Å². The molecule has 5 nitrogen and oxygen atoms in total. The second-order valence-electron chi connectivity index (χ2n) is 4.53. The molecule has 0 unspecified atom stereocenters. The Morgan fingerprint density at radius 2 is 2.11 bits per heavy atom. The molecule has 94 valence electrons. The van der Waals surface area contributed by atoms with E-state index in [9.17, 15) is 14.0 Å². The summed E-state index contributed by atoms with van der Waals surface area (Å²) in [5.74, 6) is -0.297. The quantitative estimate of drug-likeness (QED) is 0.790. The number of rotatable bonds is 2. The van der Waals surface area contributed by atoms with Crippen LogP contribution in [0, 0.1) is 11.7 Å². The molecule has 1 aliphatic rings. The first-order valence-corrected chi connectivity index (χ1v) is 5.79. The highest BCUT2D eigenvalue weighted by Crippen LogP contribution is 2.10. The Kier molecular flexibility index (Phi) is 2.52. The lowest BCUT2D eigenvalue weighted by atomic mass is 10.0. The highest BCUT2D eigenvalue weighted by Gasteiger charge is 2.20. The largest absolute Gasteiger partial charge is 0.328 e. The van der Waals surface area contributed by atoms with Gasteiger partial charge in [0, 0.05) is 25.6 Å². The molecule has 1 saturated heterocycles. The predicted molar refractivity (Wildman–Crippen MR) is 65.1 cm³/mol. The summed E-state index contributed by atoms with van der Waals surface area (Å²) in [6.45, 7) is 1.97. The lowest BCUT2D eigenvalue weighted by Gasteiger charge is -2.27. The molecule has 0 spiro atoms. The van der Waals surface area contributed by atoms with Crippen LogP contribution in [0.1, 0.15) is 0 Å². The second-order valence-corrected chi connectivity index (χ2v) is 4.53. The zero-order chi connectivity index (χ0) is 12.7. The third kappa shape index (κ3) is 1.65. The average molecular weight is 249 g/mol. The fourth-order valence-electron chi connectivity index (χ4n) is 2.14. The van der Waals surface area contributed by atoms with Crippen molar-refractivity contribution in [3.8, 4) is 0 Å². The molecule has 0 atom stereocenters. The maximum atomic E-state index is 13.5. The van der Waals surface area contributed by atoms with Gasteiger partial charge in [-0.2, -0.15) is 0 Å². The summed E-state index contributed by atoms with van der Waals surface area (Å²) in [5, 5.41) is 3.29. The number of halogens is 1. The monoisotopic (exact) mass is 249 g/mol. The van der Waals surface area contributed by atoms with Crippen LogP contribution in [0.25, 0.3) is 10.9 Å². The maximum Gasteiger partial charge on any atom is 0.328 e. The maximum absolute atomic E-state index is 13.5. The highest BCUT2D eigenvalue weighted by molar-refractivity contribution is 5.77. The van der Waals surface area contributed by atoms with Crippen molar-refractivity contribution in [1.29, 1.82) is 0 Å². The van der Waals surface area contributed by atoms with Crippen molar-refractivity contribution in [2.75, 3.05) is 13.1 Å². The Morgan fingerprint density at radius 1 is 1.33 bits per heavy atom. The van der Waals surface area contributed by atoms with Gasteiger partial charge < -0.3 is 10.3 Å². The molecular formula is C12H12FN3O2. The van der Waals surface area contributed by atoms with Gasteiger partial charge in [-0.15, -0.1) is 0 Å². The molecule has 1 aromatic heterocycles. The molecule has 6 heteroatoms. The Bertz CT molecular complexity index is 715. The van der Waals surface area contributed by atoms with Crippen LogP contribution in [0.3, 0.4) is 0 Å². The van der Waals surface area contributed by atoms with E-state index in [4.69, 9.17) is 0 Å². The number of aromatic amines is 1. The lowest BCUT2D eigenvalue weighted by molar-refractivity contribution is 0.299. The third-order valence-electron chi connectivity index (χ3n) is 3.27. The van der Waals surface area contributed by atoms with Crippen LogP contribution in [0.2, 0.25) is 0 Å². The number of nitrogens with one attached hydrogen (secondary N) is 2. The number of benzene rings is 1. The average Bonchev–Trinajstić information content (AvgIpc) is 2.28. The Morgan fingerprint density at radius 3 is 2.78 bits per heavy atom. The topological polar surface area (TPSA) is 66.9 Å².